The predicted molar refractivity (Wildman–Crippen MR) is 240 cm³/mol. The minimum absolute atomic E-state index is 0.133. The van der Waals surface area contributed by atoms with Crippen molar-refractivity contribution in [1.82, 2.24) is 35.1 Å². The molecule has 2 aromatic heterocycles. The Morgan fingerprint density at radius 1 is 0.903 bits per heavy atom. The van der Waals surface area contributed by atoms with Crippen molar-refractivity contribution in [3.8, 4) is 23.0 Å². The van der Waals surface area contributed by atoms with Crippen LogP contribution in [-0.2, 0) is 14.3 Å². The van der Waals surface area contributed by atoms with E-state index in [4.69, 9.17) is 20.4 Å². The van der Waals surface area contributed by atoms with Crippen LogP contribution in [0.4, 0.5) is 4.79 Å². The first kappa shape index (κ1) is 40.6. The monoisotopic (exact) mass is 830 g/mol. The summed E-state index contributed by atoms with van der Waals surface area (Å²) >= 11 is 0. The molecule has 0 unspecified atom stereocenters. The number of hydrogen-bond donors (Lipinski definition) is 5. The molecule has 6 N–H and O–H groups in total. The predicted octanol–water partition coefficient (Wildman–Crippen LogP) is 7.98. The highest BCUT2D eigenvalue weighted by Crippen LogP contribution is 2.40. The maximum Gasteiger partial charge on any atom is 0.405 e. The van der Waals surface area contributed by atoms with Crippen molar-refractivity contribution in [2.45, 2.75) is 64.2 Å². The molecule has 2 aliphatic rings. The van der Waals surface area contributed by atoms with E-state index in [1.54, 1.807) is 12.0 Å². The number of likely N-dealkylation sites (tertiary alicyclic amines) is 2. The highest BCUT2D eigenvalue weighted by molar-refractivity contribution is 6.09. The third-order valence-corrected chi connectivity index (χ3v) is 12.6. The molecule has 0 bridgehead atoms. The Kier molecular flexibility index (Phi) is 10.9. The summed E-state index contributed by atoms with van der Waals surface area (Å²) in [6, 6.07) is 26.2. The Morgan fingerprint density at radius 3 is 2.40 bits per heavy atom. The van der Waals surface area contributed by atoms with Gasteiger partial charge in [-0.1, -0.05) is 80.4 Å². The molecule has 0 aliphatic carbocycles. The van der Waals surface area contributed by atoms with Crippen LogP contribution in [0.3, 0.4) is 0 Å². The molecule has 316 valence electrons. The molecule has 5 aromatic carbocycles. The minimum Gasteiger partial charge on any atom is -0.465 e. The summed E-state index contributed by atoms with van der Waals surface area (Å²) in [5, 5.41) is 15.8. The molecule has 0 radical (unpaired) electrons. The first-order valence-corrected chi connectivity index (χ1v) is 21.2. The van der Waals surface area contributed by atoms with Crippen molar-refractivity contribution in [3.05, 3.63) is 108 Å². The number of amides is 3. The van der Waals surface area contributed by atoms with Gasteiger partial charge in [0.2, 0.25) is 11.8 Å². The lowest BCUT2D eigenvalue weighted by Gasteiger charge is -2.29. The van der Waals surface area contributed by atoms with Crippen molar-refractivity contribution in [3.63, 3.8) is 0 Å². The number of nitrogens with two attached hydrogens (primary N) is 1. The van der Waals surface area contributed by atoms with Crippen LogP contribution in [0.5, 0.6) is 0 Å². The normalized spacial score (nSPS) is 18.8. The average molecular weight is 831 g/mol. The Morgan fingerprint density at radius 2 is 1.66 bits per heavy atom. The number of ether oxygens (including phenoxy) is 1. The van der Waals surface area contributed by atoms with E-state index in [0.717, 1.165) is 84.5 Å². The van der Waals surface area contributed by atoms with Crippen molar-refractivity contribution < 1.29 is 24.2 Å². The number of aromatic nitrogens is 4. The fourth-order valence-electron chi connectivity index (χ4n) is 9.55. The van der Waals surface area contributed by atoms with Crippen LogP contribution in [0.25, 0.3) is 54.7 Å². The van der Waals surface area contributed by atoms with Gasteiger partial charge < -0.3 is 40.7 Å². The Labute approximate surface area is 359 Å². The van der Waals surface area contributed by atoms with Crippen LogP contribution in [0.2, 0.25) is 0 Å². The summed E-state index contributed by atoms with van der Waals surface area (Å²) in [6.07, 6.45) is 1.01. The number of H-pyrrole nitrogens is 2. The van der Waals surface area contributed by atoms with Crippen molar-refractivity contribution in [2.24, 2.45) is 17.6 Å². The van der Waals surface area contributed by atoms with Gasteiger partial charge in [0.15, 0.2) is 0 Å². The summed E-state index contributed by atoms with van der Waals surface area (Å²) in [6.45, 7) is 7.10. The SMILES string of the molecule is CC#Cc1cc2nc([C@@H]3CCCN3C(=O)[C@@H](NC(=O)O)C(C)C)[nH]c2c2ccc(-c3ccc4c(ccc5[nH]c([C@@H]6C[C@H](COC)CN6C(=O)[C@H](N)c6ccccc6)nc54)c3)cc12. The van der Waals surface area contributed by atoms with Crippen LogP contribution >= 0.6 is 0 Å². The first-order valence-electron chi connectivity index (χ1n) is 21.2. The lowest BCUT2D eigenvalue weighted by molar-refractivity contribution is -0.135. The van der Waals surface area contributed by atoms with E-state index in [-0.39, 0.29) is 35.7 Å². The summed E-state index contributed by atoms with van der Waals surface area (Å²) in [5.74, 6) is 7.36. The van der Waals surface area contributed by atoms with Crippen LogP contribution < -0.4 is 11.1 Å². The summed E-state index contributed by atoms with van der Waals surface area (Å²) in [7, 11) is 1.69. The number of methoxy groups -OCH3 is 1. The number of fused-ring (bicyclic) bond motifs is 6. The topological polar surface area (TPSA) is 183 Å². The largest absolute Gasteiger partial charge is 0.465 e. The van der Waals surface area contributed by atoms with Gasteiger partial charge in [0.25, 0.3) is 0 Å². The van der Waals surface area contributed by atoms with Crippen molar-refractivity contribution >= 4 is 61.5 Å². The van der Waals surface area contributed by atoms with E-state index >= 15 is 0 Å². The van der Waals surface area contributed by atoms with E-state index < -0.39 is 18.2 Å². The lowest BCUT2D eigenvalue weighted by atomic mass is 9.95. The fourth-order valence-corrected chi connectivity index (χ4v) is 9.55. The molecule has 13 heteroatoms. The third-order valence-electron chi connectivity index (χ3n) is 12.6. The van der Waals surface area contributed by atoms with Gasteiger partial charge in [0, 0.05) is 47.8 Å². The van der Waals surface area contributed by atoms with Gasteiger partial charge in [-0.15, -0.1) is 5.92 Å². The van der Waals surface area contributed by atoms with E-state index in [9.17, 15) is 19.5 Å². The van der Waals surface area contributed by atoms with E-state index in [0.29, 0.717) is 31.9 Å². The number of benzene rings is 5. The van der Waals surface area contributed by atoms with Gasteiger partial charge in [-0.2, -0.15) is 0 Å². The molecular weight excluding hydrogens is 781 g/mol. The number of carboxylic acid groups (broad SMARTS) is 1. The van der Waals surface area contributed by atoms with Crippen molar-refractivity contribution in [2.75, 3.05) is 26.8 Å². The number of imidazole rings is 2. The minimum atomic E-state index is -1.22. The maximum absolute atomic E-state index is 13.9. The molecule has 9 rings (SSSR count). The zero-order valence-electron chi connectivity index (χ0n) is 35.2. The number of hydrogen-bond acceptors (Lipinski definition) is 7. The average Bonchev–Trinajstić information content (AvgIpc) is 4.10. The summed E-state index contributed by atoms with van der Waals surface area (Å²) < 4.78 is 5.52. The first-order chi connectivity index (χ1) is 30.0. The van der Waals surface area contributed by atoms with Gasteiger partial charge in [0.1, 0.15) is 23.7 Å². The van der Waals surface area contributed by atoms with Gasteiger partial charge in [0.05, 0.1) is 40.8 Å². The number of rotatable bonds is 10. The molecule has 13 nitrogen and oxygen atoms in total. The second kappa shape index (κ2) is 16.6. The molecule has 7 aromatic rings. The molecule has 2 saturated heterocycles. The van der Waals surface area contributed by atoms with Gasteiger partial charge in [-0.3, -0.25) is 9.59 Å². The third kappa shape index (κ3) is 7.39. The Bertz CT molecular complexity index is 2930. The smallest absolute Gasteiger partial charge is 0.405 e. The fraction of sp³-hybridized carbons (Fsp3) is 0.327. The highest BCUT2D eigenvalue weighted by Gasteiger charge is 2.40. The maximum atomic E-state index is 13.9. The van der Waals surface area contributed by atoms with Crippen LogP contribution in [0.15, 0.2) is 84.9 Å². The molecular formula is C49H50N8O5. The molecule has 0 saturated carbocycles. The molecule has 3 amide bonds. The van der Waals surface area contributed by atoms with Gasteiger partial charge in [-0.25, -0.2) is 14.8 Å². The summed E-state index contributed by atoms with van der Waals surface area (Å²) in [5.41, 5.74) is 13.6. The molecule has 2 aliphatic heterocycles. The highest BCUT2D eigenvalue weighted by atomic mass is 16.5. The molecule has 62 heavy (non-hydrogen) atoms. The van der Waals surface area contributed by atoms with Crippen LogP contribution in [-0.4, -0.2) is 85.6 Å². The number of nitrogens with zero attached hydrogens (tertiary/aromatic N) is 4. The lowest BCUT2D eigenvalue weighted by Crippen LogP contribution is -2.50. The van der Waals surface area contributed by atoms with Crippen molar-refractivity contribution in [1.29, 1.82) is 0 Å². The number of aromatic amines is 2. The Hall–Kier alpha value is -6.75. The van der Waals surface area contributed by atoms with Gasteiger partial charge in [-0.05, 0) is 78.4 Å². The second-order valence-electron chi connectivity index (χ2n) is 16.9. The van der Waals surface area contributed by atoms with Crippen LogP contribution in [0.1, 0.15) is 80.9 Å². The number of carbonyl (C=O) groups excluding carboxylic acids is 2. The quantitative estimate of drug-likeness (QED) is 0.0860. The molecule has 0 spiro atoms. The van der Waals surface area contributed by atoms with E-state index in [1.165, 1.54) is 0 Å². The Balaban J connectivity index is 1.03. The second-order valence-corrected chi connectivity index (χ2v) is 16.9. The number of carbonyl (C=O) groups is 3. The zero-order chi connectivity index (χ0) is 43.2. The van der Waals surface area contributed by atoms with Crippen LogP contribution in [0, 0.1) is 23.7 Å². The molecule has 2 fully saturated rings. The van der Waals surface area contributed by atoms with E-state index in [1.807, 2.05) is 68.1 Å². The van der Waals surface area contributed by atoms with E-state index in [2.05, 4.69) is 69.6 Å². The summed E-state index contributed by atoms with van der Waals surface area (Å²) in [4.78, 5) is 60.0. The molecule has 4 heterocycles. The van der Waals surface area contributed by atoms with Gasteiger partial charge >= 0.3 is 6.09 Å². The number of nitrogens with one attached hydrogen (secondary N) is 3. The standard InChI is InChI=1S/C49H50N8O5/c1-5-10-32-24-38-44(54-45(52-38)39-13-9-20-56(39)48(59)42(27(2)3)55-49(60)61)35-18-15-31(23-36(32)35)30-14-17-34-33(22-30)16-19-37-43(34)53-46(51-37)40-21-28(26-62-4)25-57(40)47(58)41(50)29-11-7-6-8-12-29/h6-8,11-12,14-19,22-24,27-28,39-42,55H,9,13,20-21,25-26,50H2,1-4H3,(H,51,53)(H,52,54)(H,60,61)/t28-,39-,40-,41+,42-/m0/s1. The molecule has 5 atom stereocenters. The zero-order valence-corrected chi connectivity index (χ0v) is 35.2.